The van der Waals surface area contributed by atoms with Crippen LogP contribution in [0.4, 0.5) is 5.69 Å². The second-order valence-electron chi connectivity index (χ2n) is 5.91. The van der Waals surface area contributed by atoms with Crippen LogP contribution in [0.3, 0.4) is 0 Å². The second-order valence-corrected chi connectivity index (χ2v) is 5.91. The number of anilines is 1. The third-order valence-corrected chi connectivity index (χ3v) is 3.62. The molecular weight excluding hydrogens is 278 g/mol. The smallest absolute Gasteiger partial charge is 0.243 e. The summed E-state index contributed by atoms with van der Waals surface area (Å²) in [7, 11) is 1.60. The maximum Gasteiger partial charge on any atom is 0.243 e. The molecular formula is C17H27N3O2. The van der Waals surface area contributed by atoms with Crippen LogP contribution in [-0.2, 0) is 9.59 Å². The minimum absolute atomic E-state index is 0.00298. The van der Waals surface area contributed by atoms with E-state index in [-0.39, 0.29) is 18.4 Å². The molecule has 0 fully saturated rings. The van der Waals surface area contributed by atoms with Gasteiger partial charge in [-0.25, -0.2) is 0 Å². The average molecular weight is 305 g/mol. The van der Waals surface area contributed by atoms with Crippen LogP contribution in [0.5, 0.6) is 0 Å². The molecule has 0 bridgehead atoms. The van der Waals surface area contributed by atoms with Gasteiger partial charge in [-0.15, -0.1) is 0 Å². The van der Waals surface area contributed by atoms with Gasteiger partial charge < -0.3 is 16.0 Å². The van der Waals surface area contributed by atoms with E-state index in [9.17, 15) is 9.59 Å². The average Bonchev–Trinajstić information content (AvgIpc) is 2.42. The molecule has 0 radical (unpaired) electrons. The molecule has 1 aromatic rings. The predicted octanol–water partition coefficient (Wildman–Crippen LogP) is 2.14. The van der Waals surface area contributed by atoms with Crippen LogP contribution in [0.2, 0.25) is 0 Å². The number of nitrogens with zero attached hydrogens (tertiary/aromatic N) is 1. The first-order valence-corrected chi connectivity index (χ1v) is 7.64. The Labute approximate surface area is 132 Å². The Morgan fingerprint density at radius 3 is 2.27 bits per heavy atom. The molecule has 2 amide bonds. The van der Waals surface area contributed by atoms with Crippen molar-refractivity contribution in [3.63, 3.8) is 0 Å². The first-order valence-electron chi connectivity index (χ1n) is 7.64. The summed E-state index contributed by atoms with van der Waals surface area (Å²) in [6.07, 6.45) is 1.47. The van der Waals surface area contributed by atoms with Crippen LogP contribution >= 0.6 is 0 Å². The highest BCUT2D eigenvalue weighted by atomic mass is 16.2. The first-order chi connectivity index (χ1) is 10.3. The summed E-state index contributed by atoms with van der Waals surface area (Å²) >= 11 is 0. The minimum atomic E-state index is -0.536. The lowest BCUT2D eigenvalue weighted by Gasteiger charge is -2.21. The van der Waals surface area contributed by atoms with E-state index >= 15 is 0 Å². The van der Waals surface area contributed by atoms with E-state index in [4.69, 9.17) is 5.73 Å². The number of nitrogens with one attached hydrogen (secondary N) is 1. The van der Waals surface area contributed by atoms with Crippen LogP contribution in [0, 0.1) is 20.8 Å². The highest BCUT2D eigenvalue weighted by molar-refractivity contribution is 5.96. The topological polar surface area (TPSA) is 75.4 Å². The fraction of sp³-hybridized carbons (Fsp3) is 0.529. The van der Waals surface area contributed by atoms with E-state index in [1.807, 2.05) is 39.8 Å². The molecule has 5 heteroatoms. The van der Waals surface area contributed by atoms with Crippen molar-refractivity contribution < 1.29 is 9.59 Å². The van der Waals surface area contributed by atoms with Crippen LogP contribution in [0.1, 0.15) is 36.5 Å². The van der Waals surface area contributed by atoms with Crippen molar-refractivity contribution in [1.29, 1.82) is 0 Å². The zero-order chi connectivity index (χ0) is 16.9. The van der Waals surface area contributed by atoms with Crippen molar-refractivity contribution in [2.75, 3.05) is 18.9 Å². The van der Waals surface area contributed by atoms with E-state index in [1.54, 1.807) is 7.05 Å². The molecule has 1 aromatic carbocycles. The quantitative estimate of drug-likeness (QED) is 0.845. The molecule has 0 saturated heterocycles. The van der Waals surface area contributed by atoms with Gasteiger partial charge in [-0.1, -0.05) is 31.0 Å². The number of benzene rings is 1. The number of carbonyl (C=O) groups is 2. The van der Waals surface area contributed by atoms with Crippen LogP contribution in [0.15, 0.2) is 12.1 Å². The maximum atomic E-state index is 12.2. The van der Waals surface area contributed by atoms with Gasteiger partial charge in [-0.3, -0.25) is 9.59 Å². The van der Waals surface area contributed by atoms with E-state index in [0.717, 1.165) is 28.8 Å². The van der Waals surface area contributed by atoms with Crippen molar-refractivity contribution in [1.82, 2.24) is 4.90 Å². The fourth-order valence-electron chi connectivity index (χ4n) is 2.57. The zero-order valence-corrected chi connectivity index (χ0v) is 14.2. The summed E-state index contributed by atoms with van der Waals surface area (Å²) in [5.41, 5.74) is 9.80. The molecule has 122 valence electrons. The molecule has 1 unspecified atom stereocenters. The van der Waals surface area contributed by atoms with Gasteiger partial charge >= 0.3 is 0 Å². The van der Waals surface area contributed by atoms with Crippen LogP contribution in [-0.4, -0.2) is 36.3 Å². The van der Waals surface area contributed by atoms with Gasteiger partial charge in [0, 0.05) is 12.7 Å². The molecule has 0 aliphatic carbocycles. The monoisotopic (exact) mass is 305 g/mol. The third kappa shape index (κ3) is 4.84. The van der Waals surface area contributed by atoms with Crippen LogP contribution in [0.25, 0.3) is 0 Å². The van der Waals surface area contributed by atoms with Gasteiger partial charge in [0.05, 0.1) is 12.6 Å². The third-order valence-electron chi connectivity index (χ3n) is 3.62. The number of carbonyl (C=O) groups excluding carboxylic acids is 2. The number of likely N-dealkylation sites (N-methyl/N-ethyl adjacent to an activating group) is 1. The fourth-order valence-corrected chi connectivity index (χ4v) is 2.57. The Kier molecular flexibility index (Phi) is 6.56. The van der Waals surface area contributed by atoms with E-state index in [0.29, 0.717) is 6.42 Å². The molecule has 3 N–H and O–H groups in total. The molecule has 1 rings (SSSR count). The Bertz CT molecular complexity index is 532. The molecule has 0 aliphatic rings. The largest absolute Gasteiger partial charge is 0.335 e. The van der Waals surface area contributed by atoms with Crippen molar-refractivity contribution in [2.45, 2.75) is 46.6 Å². The number of rotatable bonds is 6. The van der Waals surface area contributed by atoms with Crippen molar-refractivity contribution in [3.05, 3.63) is 28.8 Å². The molecule has 22 heavy (non-hydrogen) atoms. The summed E-state index contributed by atoms with van der Waals surface area (Å²) in [6.45, 7) is 7.92. The van der Waals surface area contributed by atoms with E-state index < -0.39 is 6.04 Å². The molecule has 0 aromatic heterocycles. The van der Waals surface area contributed by atoms with E-state index in [2.05, 4.69) is 5.32 Å². The van der Waals surface area contributed by atoms with Gasteiger partial charge in [0.1, 0.15) is 0 Å². The zero-order valence-electron chi connectivity index (χ0n) is 14.2. The summed E-state index contributed by atoms with van der Waals surface area (Å²) in [5, 5.41) is 2.89. The second kappa shape index (κ2) is 7.94. The lowest BCUT2D eigenvalue weighted by molar-refractivity contribution is -0.134. The lowest BCUT2D eigenvalue weighted by atomic mass is 10.1. The first kappa shape index (κ1) is 18.2. The van der Waals surface area contributed by atoms with Gasteiger partial charge in [0.2, 0.25) is 11.8 Å². The normalized spacial score (nSPS) is 11.9. The summed E-state index contributed by atoms with van der Waals surface area (Å²) in [4.78, 5) is 25.6. The Morgan fingerprint density at radius 2 is 1.77 bits per heavy atom. The van der Waals surface area contributed by atoms with Crippen molar-refractivity contribution in [2.24, 2.45) is 5.73 Å². The van der Waals surface area contributed by atoms with Gasteiger partial charge in [-0.2, -0.15) is 0 Å². The van der Waals surface area contributed by atoms with E-state index in [1.165, 1.54) is 4.90 Å². The molecule has 5 nitrogen and oxygen atoms in total. The number of amides is 2. The number of hydrogen-bond acceptors (Lipinski definition) is 3. The lowest BCUT2D eigenvalue weighted by Crippen LogP contribution is -2.44. The van der Waals surface area contributed by atoms with Crippen LogP contribution < -0.4 is 11.1 Å². The van der Waals surface area contributed by atoms with Gasteiger partial charge in [0.15, 0.2) is 0 Å². The molecule has 0 aliphatic heterocycles. The minimum Gasteiger partial charge on any atom is -0.335 e. The SMILES string of the molecule is CCCC(N)C(=O)N(C)CC(=O)Nc1c(C)cc(C)cc1C. The highest BCUT2D eigenvalue weighted by Gasteiger charge is 2.19. The van der Waals surface area contributed by atoms with Crippen molar-refractivity contribution in [3.8, 4) is 0 Å². The number of aryl methyl sites for hydroxylation is 3. The predicted molar refractivity (Wildman–Crippen MR) is 89.8 cm³/mol. The molecule has 0 saturated carbocycles. The summed E-state index contributed by atoms with van der Waals surface area (Å²) < 4.78 is 0. The van der Waals surface area contributed by atoms with Gasteiger partial charge in [-0.05, 0) is 38.3 Å². The van der Waals surface area contributed by atoms with Crippen molar-refractivity contribution >= 4 is 17.5 Å². The standard InChI is InChI=1S/C17H27N3O2/c1-6-7-14(18)17(22)20(5)10-15(21)19-16-12(3)8-11(2)9-13(16)4/h8-9,14H,6-7,10,18H2,1-5H3,(H,19,21). The van der Waals surface area contributed by atoms with Gasteiger partial charge in [0.25, 0.3) is 0 Å². The Hall–Kier alpha value is -1.88. The molecule has 0 spiro atoms. The summed E-state index contributed by atoms with van der Waals surface area (Å²) in [5.74, 6) is -0.413. The molecule has 0 heterocycles. The number of hydrogen-bond donors (Lipinski definition) is 2. The number of nitrogens with two attached hydrogens (primary N) is 1. The Morgan fingerprint density at radius 1 is 1.23 bits per heavy atom. The summed E-state index contributed by atoms with van der Waals surface area (Å²) in [6, 6.07) is 3.51. The highest BCUT2D eigenvalue weighted by Crippen LogP contribution is 2.21. The maximum absolute atomic E-state index is 12.2. The molecule has 1 atom stereocenters. The Balaban J connectivity index is 2.69.